The molecule has 4 aromatic rings. The maximum atomic E-state index is 13.3. The Morgan fingerprint density at radius 2 is 1.79 bits per heavy atom. The Bertz CT molecular complexity index is 1430. The number of hydrogen-bond acceptors (Lipinski definition) is 7. The van der Waals surface area contributed by atoms with Crippen LogP contribution in [0.5, 0.6) is 0 Å². The second-order valence-electron chi connectivity index (χ2n) is 8.06. The number of nitrogens with zero attached hydrogens (tertiary/aromatic N) is 5. The fourth-order valence-electron chi connectivity index (χ4n) is 4.17. The van der Waals surface area contributed by atoms with E-state index in [1.165, 1.54) is 4.40 Å². The molecule has 0 atom stereocenters. The second-order valence-corrected chi connectivity index (χ2v) is 8.06. The lowest BCUT2D eigenvalue weighted by Gasteiger charge is -2.17. The van der Waals surface area contributed by atoms with E-state index in [4.69, 9.17) is 9.72 Å². The van der Waals surface area contributed by atoms with Crippen molar-refractivity contribution in [2.24, 2.45) is 0 Å². The standard InChI is InChI=1S/C24H24N6O4/c1-2-34-23(32)16-9-11-17(12-10-16)25-20(31)15-29-24(33)30-19-8-4-3-7-18(19)26-21(22(30)27-29)28-13-5-6-14-28/h3-4,7-12H,2,5-6,13-15H2,1H3,(H,25,31). The zero-order valence-electron chi connectivity index (χ0n) is 18.7. The summed E-state index contributed by atoms with van der Waals surface area (Å²) in [4.78, 5) is 44.7. The quantitative estimate of drug-likeness (QED) is 0.440. The molecule has 1 aliphatic rings. The lowest BCUT2D eigenvalue weighted by molar-refractivity contribution is -0.117. The van der Waals surface area contributed by atoms with Gasteiger partial charge in [0.05, 0.1) is 23.2 Å². The molecule has 1 saturated heterocycles. The van der Waals surface area contributed by atoms with E-state index >= 15 is 0 Å². The molecule has 3 heterocycles. The normalized spacial score (nSPS) is 13.5. The van der Waals surface area contributed by atoms with Crippen LogP contribution < -0.4 is 15.9 Å². The summed E-state index contributed by atoms with van der Waals surface area (Å²) in [5, 5.41) is 7.23. The highest BCUT2D eigenvalue weighted by molar-refractivity contribution is 5.93. The van der Waals surface area contributed by atoms with Gasteiger partial charge in [0.15, 0.2) is 5.82 Å². The number of carbonyl (C=O) groups is 2. The summed E-state index contributed by atoms with van der Waals surface area (Å²) in [7, 11) is 0. The number of nitrogens with one attached hydrogen (secondary N) is 1. The minimum absolute atomic E-state index is 0.256. The summed E-state index contributed by atoms with van der Waals surface area (Å²) in [6, 6.07) is 13.8. The average molecular weight is 460 g/mol. The van der Waals surface area contributed by atoms with Crippen molar-refractivity contribution in [2.75, 3.05) is 29.9 Å². The first-order valence-corrected chi connectivity index (χ1v) is 11.3. The van der Waals surface area contributed by atoms with Gasteiger partial charge in [-0.3, -0.25) is 4.79 Å². The third-order valence-corrected chi connectivity index (χ3v) is 5.77. The molecule has 0 radical (unpaired) electrons. The van der Waals surface area contributed by atoms with E-state index in [1.807, 2.05) is 24.3 Å². The molecule has 0 spiro atoms. The van der Waals surface area contributed by atoms with Gasteiger partial charge in [-0.1, -0.05) is 12.1 Å². The van der Waals surface area contributed by atoms with E-state index in [2.05, 4.69) is 15.3 Å². The number of rotatable bonds is 6. The summed E-state index contributed by atoms with van der Waals surface area (Å²) in [6.07, 6.45) is 2.12. The van der Waals surface area contributed by atoms with Crippen LogP contribution >= 0.6 is 0 Å². The van der Waals surface area contributed by atoms with Gasteiger partial charge in [-0.2, -0.15) is 0 Å². The SMILES string of the molecule is CCOC(=O)c1ccc(NC(=O)Cn2nc3c(N4CCCC4)nc4ccccc4n3c2=O)cc1. The average Bonchev–Trinajstić information content (AvgIpc) is 3.48. The number of esters is 1. The first kappa shape index (κ1) is 21.6. The number of benzene rings is 2. The Balaban J connectivity index is 1.44. The lowest BCUT2D eigenvalue weighted by atomic mass is 10.2. The number of anilines is 2. The van der Waals surface area contributed by atoms with Crippen molar-refractivity contribution in [2.45, 2.75) is 26.3 Å². The first-order chi connectivity index (χ1) is 16.5. The maximum absolute atomic E-state index is 13.3. The van der Waals surface area contributed by atoms with Gasteiger partial charge in [0.2, 0.25) is 11.6 Å². The van der Waals surface area contributed by atoms with Crippen molar-refractivity contribution < 1.29 is 14.3 Å². The highest BCUT2D eigenvalue weighted by Gasteiger charge is 2.23. The van der Waals surface area contributed by atoms with E-state index in [0.29, 0.717) is 33.7 Å². The molecule has 0 unspecified atom stereocenters. The predicted molar refractivity (Wildman–Crippen MR) is 127 cm³/mol. The van der Waals surface area contributed by atoms with E-state index in [9.17, 15) is 14.4 Å². The van der Waals surface area contributed by atoms with Gasteiger partial charge in [0.25, 0.3) is 0 Å². The highest BCUT2D eigenvalue weighted by atomic mass is 16.5. The molecule has 1 fully saturated rings. The summed E-state index contributed by atoms with van der Waals surface area (Å²) < 4.78 is 7.65. The Kier molecular flexibility index (Phi) is 5.70. The fraction of sp³-hybridized carbons (Fsp3) is 0.292. The monoisotopic (exact) mass is 460 g/mol. The number of ether oxygens (including phenoxy) is 1. The predicted octanol–water partition coefficient (Wildman–Crippen LogP) is 2.46. The van der Waals surface area contributed by atoms with Crippen LogP contribution in [0.3, 0.4) is 0 Å². The van der Waals surface area contributed by atoms with E-state index < -0.39 is 17.6 Å². The maximum Gasteiger partial charge on any atom is 0.351 e. The van der Waals surface area contributed by atoms with Gasteiger partial charge in [-0.25, -0.2) is 23.7 Å². The number of hydrogen-bond donors (Lipinski definition) is 1. The fourth-order valence-corrected chi connectivity index (χ4v) is 4.17. The number of para-hydroxylation sites is 2. The molecule has 34 heavy (non-hydrogen) atoms. The molecule has 10 nitrogen and oxygen atoms in total. The first-order valence-electron chi connectivity index (χ1n) is 11.3. The summed E-state index contributed by atoms with van der Waals surface area (Å²) in [6.45, 7) is 3.47. The van der Waals surface area contributed by atoms with Crippen LogP contribution in [0.4, 0.5) is 11.5 Å². The second kappa shape index (κ2) is 8.97. The molecule has 0 saturated carbocycles. The zero-order valence-corrected chi connectivity index (χ0v) is 18.7. The molecular formula is C24H24N6O4. The number of carbonyl (C=O) groups excluding carboxylic acids is 2. The number of amides is 1. The van der Waals surface area contributed by atoms with E-state index in [-0.39, 0.29) is 13.2 Å². The number of aromatic nitrogens is 4. The van der Waals surface area contributed by atoms with Crippen molar-refractivity contribution in [3.05, 3.63) is 64.6 Å². The molecule has 0 aliphatic carbocycles. The molecule has 1 N–H and O–H groups in total. The Morgan fingerprint density at radius 1 is 1.06 bits per heavy atom. The Morgan fingerprint density at radius 3 is 2.53 bits per heavy atom. The minimum atomic E-state index is -0.425. The highest BCUT2D eigenvalue weighted by Crippen LogP contribution is 2.25. The largest absolute Gasteiger partial charge is 0.462 e. The summed E-state index contributed by atoms with van der Waals surface area (Å²) in [5.74, 6) is -0.178. The molecule has 174 valence electrons. The van der Waals surface area contributed by atoms with Crippen molar-refractivity contribution in [3.8, 4) is 0 Å². The molecule has 1 amide bonds. The van der Waals surface area contributed by atoms with Crippen LogP contribution in [0.15, 0.2) is 53.3 Å². The van der Waals surface area contributed by atoms with Crippen LogP contribution in [-0.2, 0) is 16.1 Å². The van der Waals surface area contributed by atoms with Crippen LogP contribution in [0, 0.1) is 0 Å². The van der Waals surface area contributed by atoms with Crippen molar-refractivity contribution in [1.82, 2.24) is 19.2 Å². The minimum Gasteiger partial charge on any atom is -0.462 e. The van der Waals surface area contributed by atoms with Crippen LogP contribution in [-0.4, -0.2) is 50.7 Å². The van der Waals surface area contributed by atoms with Gasteiger partial charge in [-0.05, 0) is 56.2 Å². The smallest absolute Gasteiger partial charge is 0.351 e. The molecule has 0 bridgehead atoms. The topological polar surface area (TPSA) is 111 Å². The molecule has 1 aliphatic heterocycles. The third kappa shape index (κ3) is 3.98. The molecule has 2 aromatic heterocycles. The van der Waals surface area contributed by atoms with Crippen LogP contribution in [0.1, 0.15) is 30.1 Å². The molecule has 5 rings (SSSR count). The van der Waals surface area contributed by atoms with Gasteiger partial charge in [0.1, 0.15) is 6.54 Å². The third-order valence-electron chi connectivity index (χ3n) is 5.77. The molecular weight excluding hydrogens is 436 g/mol. The molecule has 10 heteroatoms. The van der Waals surface area contributed by atoms with Crippen LogP contribution in [0.2, 0.25) is 0 Å². The summed E-state index contributed by atoms with van der Waals surface area (Å²) >= 11 is 0. The van der Waals surface area contributed by atoms with Gasteiger partial charge >= 0.3 is 11.7 Å². The Hall–Kier alpha value is -4.21. The Labute approximate surface area is 194 Å². The van der Waals surface area contributed by atoms with E-state index in [1.54, 1.807) is 31.2 Å². The lowest BCUT2D eigenvalue weighted by Crippen LogP contribution is -2.28. The molecule has 2 aromatic carbocycles. The van der Waals surface area contributed by atoms with Crippen molar-refractivity contribution in [3.63, 3.8) is 0 Å². The summed E-state index contributed by atoms with van der Waals surface area (Å²) in [5.41, 5.74) is 2.28. The van der Waals surface area contributed by atoms with Gasteiger partial charge < -0.3 is 15.0 Å². The number of fused-ring (bicyclic) bond motifs is 3. The van der Waals surface area contributed by atoms with E-state index in [0.717, 1.165) is 30.6 Å². The van der Waals surface area contributed by atoms with Crippen LogP contribution in [0.25, 0.3) is 16.7 Å². The van der Waals surface area contributed by atoms with Gasteiger partial charge in [-0.15, -0.1) is 5.10 Å². The van der Waals surface area contributed by atoms with Gasteiger partial charge in [0, 0.05) is 18.8 Å². The van der Waals surface area contributed by atoms with Crippen molar-refractivity contribution in [1.29, 1.82) is 0 Å². The van der Waals surface area contributed by atoms with Crippen molar-refractivity contribution >= 4 is 40.1 Å². The zero-order chi connectivity index (χ0) is 23.7.